The summed E-state index contributed by atoms with van der Waals surface area (Å²) in [5, 5.41) is 1.32. The van der Waals surface area contributed by atoms with Gasteiger partial charge >= 0.3 is 12.1 Å². The van der Waals surface area contributed by atoms with Crippen LogP contribution in [0.1, 0.15) is 11.1 Å². The van der Waals surface area contributed by atoms with Gasteiger partial charge in [-0.3, -0.25) is 0 Å². The summed E-state index contributed by atoms with van der Waals surface area (Å²) in [6, 6.07) is 7.17. The predicted molar refractivity (Wildman–Crippen MR) is 82.3 cm³/mol. The van der Waals surface area contributed by atoms with Gasteiger partial charge in [0.15, 0.2) is 0 Å². The number of methoxy groups -OCH3 is 1. The summed E-state index contributed by atoms with van der Waals surface area (Å²) >= 11 is 0. The molecule has 0 fully saturated rings. The molecule has 0 aliphatic rings. The van der Waals surface area contributed by atoms with Crippen molar-refractivity contribution >= 4 is 22.9 Å². The lowest BCUT2D eigenvalue weighted by atomic mass is 10.0. The monoisotopic (exact) mass is 300 g/mol. The standard InChI is InChI=1S/C17H16O5/c1-5-15(18)22-16-11(3)9-14(21-17(19)20-4)13-8-10(2)6-7-12(13)16/h5-9H,1H2,2-4H3. The van der Waals surface area contributed by atoms with E-state index in [1.165, 1.54) is 7.11 Å². The highest BCUT2D eigenvalue weighted by Crippen LogP contribution is 2.37. The van der Waals surface area contributed by atoms with Gasteiger partial charge in [-0.15, -0.1) is 0 Å². The van der Waals surface area contributed by atoms with Crippen molar-refractivity contribution in [2.45, 2.75) is 13.8 Å². The van der Waals surface area contributed by atoms with Crippen LogP contribution >= 0.6 is 0 Å². The third kappa shape index (κ3) is 3.09. The fourth-order valence-corrected chi connectivity index (χ4v) is 2.11. The molecule has 0 bridgehead atoms. The number of aryl methyl sites for hydroxylation is 2. The molecule has 114 valence electrons. The van der Waals surface area contributed by atoms with Gasteiger partial charge in [-0.2, -0.15) is 0 Å². The van der Waals surface area contributed by atoms with Crippen LogP contribution in [-0.2, 0) is 9.53 Å². The van der Waals surface area contributed by atoms with Crippen LogP contribution in [0.2, 0.25) is 0 Å². The molecule has 0 spiro atoms. The molecule has 0 unspecified atom stereocenters. The van der Waals surface area contributed by atoms with Crippen molar-refractivity contribution in [1.82, 2.24) is 0 Å². The summed E-state index contributed by atoms with van der Waals surface area (Å²) < 4.78 is 15.0. The average Bonchev–Trinajstić information content (AvgIpc) is 2.50. The molecule has 0 aliphatic carbocycles. The topological polar surface area (TPSA) is 61.8 Å². The number of esters is 1. The fourth-order valence-electron chi connectivity index (χ4n) is 2.11. The number of hydrogen-bond donors (Lipinski definition) is 0. The summed E-state index contributed by atoms with van der Waals surface area (Å²) in [6.45, 7) is 7.06. The maximum Gasteiger partial charge on any atom is 0.513 e. The molecule has 0 saturated carbocycles. The van der Waals surface area contributed by atoms with E-state index in [-0.39, 0.29) is 0 Å². The van der Waals surface area contributed by atoms with Crippen molar-refractivity contribution < 1.29 is 23.8 Å². The minimum atomic E-state index is -0.807. The first kappa shape index (κ1) is 15.6. The number of ether oxygens (including phenoxy) is 3. The van der Waals surface area contributed by atoms with Crippen molar-refractivity contribution in [1.29, 1.82) is 0 Å². The van der Waals surface area contributed by atoms with E-state index in [0.717, 1.165) is 11.6 Å². The van der Waals surface area contributed by atoms with Crippen molar-refractivity contribution in [3.8, 4) is 11.5 Å². The molecular formula is C17H16O5. The lowest BCUT2D eigenvalue weighted by molar-refractivity contribution is -0.128. The van der Waals surface area contributed by atoms with Gasteiger partial charge in [0, 0.05) is 16.8 Å². The number of benzene rings is 2. The van der Waals surface area contributed by atoms with Crippen LogP contribution in [0.4, 0.5) is 4.79 Å². The molecular weight excluding hydrogens is 284 g/mol. The van der Waals surface area contributed by atoms with Crippen LogP contribution in [0.3, 0.4) is 0 Å². The second-order valence-corrected chi connectivity index (χ2v) is 4.75. The minimum absolute atomic E-state index is 0.349. The van der Waals surface area contributed by atoms with Gasteiger partial charge in [-0.05, 0) is 31.5 Å². The summed E-state index contributed by atoms with van der Waals surface area (Å²) in [4.78, 5) is 22.9. The normalized spacial score (nSPS) is 10.1. The van der Waals surface area contributed by atoms with Gasteiger partial charge in [0.1, 0.15) is 11.5 Å². The van der Waals surface area contributed by atoms with Crippen LogP contribution in [0, 0.1) is 13.8 Å². The zero-order chi connectivity index (χ0) is 16.3. The zero-order valence-corrected chi connectivity index (χ0v) is 12.6. The molecule has 2 aromatic rings. The van der Waals surface area contributed by atoms with E-state index >= 15 is 0 Å². The van der Waals surface area contributed by atoms with Crippen LogP contribution in [-0.4, -0.2) is 19.2 Å². The number of carbonyl (C=O) groups is 2. The van der Waals surface area contributed by atoms with Gasteiger partial charge in [0.25, 0.3) is 0 Å². The Kier molecular flexibility index (Phi) is 4.46. The molecule has 0 saturated heterocycles. The van der Waals surface area contributed by atoms with E-state index in [9.17, 15) is 9.59 Å². The highest BCUT2D eigenvalue weighted by Gasteiger charge is 2.16. The largest absolute Gasteiger partial charge is 0.513 e. The molecule has 0 radical (unpaired) electrons. The van der Waals surface area contributed by atoms with E-state index in [2.05, 4.69) is 11.3 Å². The Balaban J connectivity index is 2.66. The number of rotatable bonds is 3. The predicted octanol–water partition coefficient (Wildman–Crippen LogP) is 3.69. The number of hydrogen-bond acceptors (Lipinski definition) is 5. The van der Waals surface area contributed by atoms with Crippen molar-refractivity contribution in [2.24, 2.45) is 0 Å². The molecule has 5 heteroatoms. The van der Waals surface area contributed by atoms with E-state index in [1.54, 1.807) is 13.0 Å². The van der Waals surface area contributed by atoms with Crippen molar-refractivity contribution in [3.05, 3.63) is 48.0 Å². The van der Waals surface area contributed by atoms with Gasteiger partial charge < -0.3 is 14.2 Å². The lowest BCUT2D eigenvalue weighted by Gasteiger charge is -2.14. The second kappa shape index (κ2) is 6.30. The molecule has 0 amide bonds. The average molecular weight is 300 g/mol. The summed E-state index contributed by atoms with van der Waals surface area (Å²) in [6.07, 6.45) is 0.288. The Morgan fingerprint density at radius 3 is 2.45 bits per heavy atom. The van der Waals surface area contributed by atoms with Gasteiger partial charge in [0.2, 0.25) is 0 Å². The van der Waals surface area contributed by atoms with E-state index in [4.69, 9.17) is 9.47 Å². The Bertz CT molecular complexity index is 761. The molecule has 0 aromatic heterocycles. The summed E-state index contributed by atoms with van der Waals surface area (Å²) in [5.41, 5.74) is 1.64. The third-order valence-corrected chi connectivity index (χ3v) is 3.12. The van der Waals surface area contributed by atoms with E-state index < -0.39 is 12.1 Å². The van der Waals surface area contributed by atoms with Crippen LogP contribution in [0.5, 0.6) is 11.5 Å². The molecule has 0 atom stereocenters. The van der Waals surface area contributed by atoms with Crippen LogP contribution < -0.4 is 9.47 Å². The smallest absolute Gasteiger partial charge is 0.437 e. The first-order valence-electron chi connectivity index (χ1n) is 6.60. The zero-order valence-electron chi connectivity index (χ0n) is 12.6. The molecule has 2 rings (SSSR count). The number of carbonyl (C=O) groups excluding carboxylic acids is 2. The third-order valence-electron chi connectivity index (χ3n) is 3.12. The first-order chi connectivity index (χ1) is 10.5. The second-order valence-electron chi connectivity index (χ2n) is 4.75. The molecule has 0 aliphatic heterocycles. The molecule has 2 aromatic carbocycles. The highest BCUT2D eigenvalue weighted by molar-refractivity contribution is 5.98. The van der Waals surface area contributed by atoms with Gasteiger partial charge in [-0.1, -0.05) is 24.3 Å². The SMILES string of the molecule is C=CC(=O)Oc1c(C)cc(OC(=O)OC)c2cc(C)ccc12. The lowest BCUT2D eigenvalue weighted by Crippen LogP contribution is -2.09. The van der Waals surface area contributed by atoms with Gasteiger partial charge in [-0.25, -0.2) is 9.59 Å². The minimum Gasteiger partial charge on any atom is -0.437 e. The van der Waals surface area contributed by atoms with Crippen molar-refractivity contribution in [2.75, 3.05) is 7.11 Å². The molecule has 5 nitrogen and oxygen atoms in total. The number of fused-ring (bicyclic) bond motifs is 1. The Labute approximate surface area is 128 Å². The fraction of sp³-hybridized carbons (Fsp3) is 0.176. The molecule has 22 heavy (non-hydrogen) atoms. The van der Waals surface area contributed by atoms with E-state index in [1.807, 2.05) is 25.1 Å². The van der Waals surface area contributed by atoms with Crippen molar-refractivity contribution in [3.63, 3.8) is 0 Å². The maximum absolute atomic E-state index is 11.5. The first-order valence-corrected chi connectivity index (χ1v) is 6.60. The quantitative estimate of drug-likeness (QED) is 0.374. The van der Waals surface area contributed by atoms with Gasteiger partial charge in [0.05, 0.1) is 7.11 Å². The Hall–Kier alpha value is -2.82. The van der Waals surface area contributed by atoms with Crippen LogP contribution in [0.15, 0.2) is 36.9 Å². The van der Waals surface area contributed by atoms with E-state index in [0.29, 0.717) is 27.8 Å². The van der Waals surface area contributed by atoms with Crippen LogP contribution in [0.25, 0.3) is 10.8 Å². The molecule has 0 heterocycles. The Morgan fingerprint density at radius 1 is 1.09 bits per heavy atom. The highest BCUT2D eigenvalue weighted by atomic mass is 16.7. The summed E-state index contributed by atoms with van der Waals surface area (Å²) in [5.74, 6) is 0.213. The Morgan fingerprint density at radius 2 is 1.82 bits per heavy atom. The molecule has 0 N–H and O–H groups in total. The maximum atomic E-state index is 11.5. The summed E-state index contributed by atoms with van der Waals surface area (Å²) in [7, 11) is 1.24.